The monoisotopic (exact) mass is 441 g/mol. The van der Waals surface area contributed by atoms with Crippen molar-refractivity contribution in [3.05, 3.63) is 102 Å². The summed E-state index contributed by atoms with van der Waals surface area (Å²) >= 11 is 0. The largest absolute Gasteiger partial charge is 0.343 e. The lowest BCUT2D eigenvalue weighted by molar-refractivity contribution is -0.132. The zero-order valence-electron chi connectivity index (χ0n) is 18.9. The van der Waals surface area contributed by atoms with Crippen LogP contribution < -0.4 is 0 Å². The van der Waals surface area contributed by atoms with Crippen LogP contribution in [0.2, 0.25) is 0 Å². The smallest absolute Gasteiger partial charge is 0.222 e. The Balaban J connectivity index is 1.42. The number of halogens is 1. The van der Waals surface area contributed by atoms with E-state index in [0.29, 0.717) is 25.0 Å². The van der Waals surface area contributed by atoms with Gasteiger partial charge in [-0.1, -0.05) is 60.7 Å². The molecule has 33 heavy (non-hydrogen) atoms. The minimum atomic E-state index is -0.318. The van der Waals surface area contributed by atoms with Gasteiger partial charge in [0, 0.05) is 32.6 Å². The van der Waals surface area contributed by atoms with Crippen LogP contribution in [0.15, 0.2) is 78.9 Å². The van der Waals surface area contributed by atoms with Gasteiger partial charge in [0.2, 0.25) is 5.91 Å². The van der Waals surface area contributed by atoms with Crippen LogP contribution in [0.5, 0.6) is 0 Å². The molecule has 1 aromatic heterocycles. The summed E-state index contributed by atoms with van der Waals surface area (Å²) in [7, 11) is 2.00. The molecule has 0 saturated carbocycles. The SMILES string of the molecule is Cn1c(C2(c3ccccc3)CCN(C(=O)CCc3ccccc3)CC2)nc2cc(F)ccc21. The third kappa shape index (κ3) is 4.04. The summed E-state index contributed by atoms with van der Waals surface area (Å²) in [6, 6.07) is 25.3. The highest BCUT2D eigenvalue weighted by atomic mass is 19.1. The Morgan fingerprint density at radius 3 is 2.33 bits per heavy atom. The minimum Gasteiger partial charge on any atom is -0.343 e. The van der Waals surface area contributed by atoms with E-state index in [9.17, 15) is 9.18 Å². The first-order valence-corrected chi connectivity index (χ1v) is 11.6. The van der Waals surface area contributed by atoms with Gasteiger partial charge in [0.15, 0.2) is 0 Å². The summed E-state index contributed by atoms with van der Waals surface area (Å²) in [4.78, 5) is 19.9. The maximum Gasteiger partial charge on any atom is 0.222 e. The Kier molecular flexibility index (Phi) is 5.71. The molecule has 2 heterocycles. The molecular weight excluding hydrogens is 413 g/mol. The molecule has 168 valence electrons. The van der Waals surface area contributed by atoms with Gasteiger partial charge in [0.05, 0.1) is 16.4 Å². The van der Waals surface area contributed by atoms with Gasteiger partial charge in [-0.2, -0.15) is 0 Å². The van der Waals surface area contributed by atoms with Gasteiger partial charge in [-0.05, 0) is 42.5 Å². The second-order valence-corrected chi connectivity index (χ2v) is 8.94. The lowest BCUT2D eigenvalue weighted by Crippen LogP contribution is -2.46. The number of aryl methyl sites for hydroxylation is 2. The number of amides is 1. The summed E-state index contributed by atoms with van der Waals surface area (Å²) in [5, 5.41) is 0. The first-order valence-electron chi connectivity index (χ1n) is 11.6. The fourth-order valence-electron chi connectivity index (χ4n) is 5.19. The van der Waals surface area contributed by atoms with Gasteiger partial charge < -0.3 is 9.47 Å². The molecule has 0 radical (unpaired) electrons. The summed E-state index contributed by atoms with van der Waals surface area (Å²) in [5.74, 6) is 0.859. The maximum absolute atomic E-state index is 13.9. The molecule has 3 aromatic carbocycles. The van der Waals surface area contributed by atoms with Gasteiger partial charge in [-0.15, -0.1) is 0 Å². The van der Waals surface area contributed by atoms with Crippen molar-refractivity contribution in [2.75, 3.05) is 13.1 Å². The molecule has 0 atom stereocenters. The average molecular weight is 442 g/mol. The van der Waals surface area contributed by atoms with E-state index in [-0.39, 0.29) is 17.1 Å². The normalized spacial score (nSPS) is 15.6. The maximum atomic E-state index is 13.9. The van der Waals surface area contributed by atoms with E-state index in [1.807, 2.05) is 36.2 Å². The first kappa shape index (κ1) is 21.4. The van der Waals surface area contributed by atoms with E-state index in [1.54, 1.807) is 6.07 Å². The predicted molar refractivity (Wildman–Crippen MR) is 128 cm³/mol. The number of benzene rings is 3. The number of piperidine rings is 1. The molecule has 0 unspecified atom stereocenters. The van der Waals surface area contributed by atoms with Gasteiger partial charge in [0.25, 0.3) is 0 Å². The lowest BCUT2D eigenvalue weighted by Gasteiger charge is -2.42. The van der Waals surface area contributed by atoms with Crippen molar-refractivity contribution in [3.8, 4) is 0 Å². The number of fused-ring (bicyclic) bond motifs is 1. The molecule has 0 aliphatic carbocycles. The molecule has 0 bridgehead atoms. The zero-order chi connectivity index (χ0) is 22.8. The predicted octanol–water partition coefficient (Wildman–Crippen LogP) is 5.25. The molecule has 1 aliphatic rings. The summed E-state index contributed by atoms with van der Waals surface area (Å²) in [6.45, 7) is 1.36. The van der Waals surface area contributed by atoms with Gasteiger partial charge in [-0.3, -0.25) is 4.79 Å². The summed E-state index contributed by atoms with van der Waals surface area (Å²) in [6.07, 6.45) is 2.85. The summed E-state index contributed by atoms with van der Waals surface area (Å²) < 4.78 is 16.0. The van der Waals surface area contributed by atoms with Gasteiger partial charge in [-0.25, -0.2) is 9.37 Å². The molecule has 0 spiro atoms. The molecule has 1 fully saturated rings. The fourth-order valence-corrected chi connectivity index (χ4v) is 5.19. The third-order valence-corrected chi connectivity index (χ3v) is 7.04. The van der Waals surface area contributed by atoms with Crippen LogP contribution >= 0.6 is 0 Å². The number of hydrogen-bond acceptors (Lipinski definition) is 2. The molecule has 4 aromatic rings. The number of nitrogens with zero attached hydrogens (tertiary/aromatic N) is 3. The highest BCUT2D eigenvalue weighted by Crippen LogP contribution is 2.42. The van der Waals surface area contributed by atoms with Crippen molar-refractivity contribution in [2.24, 2.45) is 7.05 Å². The Morgan fingerprint density at radius 1 is 0.970 bits per heavy atom. The number of carbonyl (C=O) groups excluding carboxylic acids is 1. The van der Waals surface area contributed by atoms with Crippen LogP contribution in [-0.4, -0.2) is 33.4 Å². The molecule has 5 rings (SSSR count). The average Bonchev–Trinajstić information content (AvgIpc) is 3.19. The number of hydrogen-bond donors (Lipinski definition) is 0. The molecule has 5 heteroatoms. The second kappa shape index (κ2) is 8.81. The number of carbonyl (C=O) groups is 1. The van der Waals surface area contributed by atoms with Crippen LogP contribution in [0.1, 0.15) is 36.2 Å². The van der Waals surface area contributed by atoms with E-state index >= 15 is 0 Å². The van der Waals surface area contributed by atoms with E-state index in [2.05, 4.69) is 41.0 Å². The Bertz CT molecular complexity index is 1260. The van der Waals surface area contributed by atoms with E-state index < -0.39 is 0 Å². The van der Waals surface area contributed by atoms with Gasteiger partial charge >= 0.3 is 0 Å². The summed E-state index contributed by atoms with van der Waals surface area (Å²) in [5.41, 5.74) is 3.66. The van der Waals surface area contributed by atoms with Crippen LogP contribution in [0.4, 0.5) is 4.39 Å². The van der Waals surface area contributed by atoms with Crippen LogP contribution in [0.3, 0.4) is 0 Å². The van der Waals surface area contributed by atoms with E-state index in [4.69, 9.17) is 4.98 Å². The van der Waals surface area contributed by atoms with Gasteiger partial charge in [0.1, 0.15) is 11.6 Å². The van der Waals surface area contributed by atoms with Crippen molar-refractivity contribution in [2.45, 2.75) is 31.1 Å². The number of imidazole rings is 1. The molecule has 1 aliphatic heterocycles. The van der Waals surface area contributed by atoms with Crippen molar-refractivity contribution in [1.29, 1.82) is 0 Å². The molecule has 1 saturated heterocycles. The first-order chi connectivity index (χ1) is 16.1. The fraction of sp³-hybridized carbons (Fsp3) is 0.286. The lowest BCUT2D eigenvalue weighted by atomic mass is 9.72. The highest BCUT2D eigenvalue weighted by Gasteiger charge is 2.42. The quantitative estimate of drug-likeness (QED) is 0.424. The second-order valence-electron chi connectivity index (χ2n) is 8.94. The third-order valence-electron chi connectivity index (χ3n) is 7.04. The highest BCUT2D eigenvalue weighted by molar-refractivity contribution is 5.77. The van der Waals surface area contributed by atoms with Crippen molar-refractivity contribution in [1.82, 2.24) is 14.5 Å². The van der Waals surface area contributed by atoms with E-state index in [0.717, 1.165) is 30.6 Å². The minimum absolute atomic E-state index is 0.201. The molecule has 4 nitrogen and oxygen atoms in total. The number of aromatic nitrogens is 2. The zero-order valence-corrected chi connectivity index (χ0v) is 18.9. The van der Waals surface area contributed by atoms with Crippen LogP contribution in [0.25, 0.3) is 11.0 Å². The topological polar surface area (TPSA) is 38.1 Å². The van der Waals surface area contributed by atoms with E-state index in [1.165, 1.54) is 23.3 Å². The van der Waals surface area contributed by atoms with Crippen molar-refractivity contribution in [3.63, 3.8) is 0 Å². The number of likely N-dealkylation sites (tertiary alicyclic amines) is 1. The van der Waals surface area contributed by atoms with Crippen LogP contribution in [-0.2, 0) is 23.7 Å². The number of rotatable bonds is 5. The Morgan fingerprint density at radius 2 is 1.64 bits per heavy atom. The molecular formula is C28H28FN3O. The molecule has 1 amide bonds. The molecule has 0 N–H and O–H groups in total. The standard InChI is InChI=1S/C28H28FN3O/c1-31-25-14-13-23(29)20-24(25)30-27(31)28(22-10-6-3-7-11-22)16-18-32(19-17-28)26(33)15-12-21-8-4-2-5-9-21/h2-11,13-14,20H,12,15-19H2,1H3. The van der Waals surface area contributed by atoms with Crippen LogP contribution in [0, 0.1) is 5.82 Å². The van der Waals surface area contributed by atoms with Crippen molar-refractivity contribution >= 4 is 16.9 Å². The van der Waals surface area contributed by atoms with Crippen molar-refractivity contribution < 1.29 is 9.18 Å². The Labute approximate surface area is 193 Å². The Hall–Kier alpha value is -3.47.